The summed E-state index contributed by atoms with van der Waals surface area (Å²) in [4.78, 5) is 35.4. The van der Waals surface area contributed by atoms with E-state index in [9.17, 15) is 19.0 Å². The molecule has 1 heterocycles. The molecule has 0 bridgehead atoms. The van der Waals surface area contributed by atoms with Gasteiger partial charge in [-0.25, -0.2) is 4.57 Å². The summed E-state index contributed by atoms with van der Waals surface area (Å²) >= 11 is 0. The van der Waals surface area contributed by atoms with E-state index in [0.29, 0.717) is 36.1 Å². The van der Waals surface area contributed by atoms with Gasteiger partial charge in [0, 0.05) is 12.8 Å². The number of ether oxygens (including phenoxy) is 3. The van der Waals surface area contributed by atoms with Gasteiger partial charge in [0.1, 0.15) is 19.8 Å². The normalized spacial score (nSPS) is 17.4. The SMILES string of the molecule is CCCCC/C=C\CC1OC1C/C=C\C/C=C\CCCC(=O)O[C@H](COC(=O)CCCCCCCCCCCCCCCCC)COP(=O)(O)OCC[N+](C)(C)C. The molecule has 0 amide bonds. The lowest BCUT2D eigenvalue weighted by Gasteiger charge is -2.24. The number of esters is 2. The van der Waals surface area contributed by atoms with E-state index >= 15 is 0 Å². The number of phosphoric acid groups is 1. The first-order valence-electron chi connectivity index (χ1n) is 22.8. The fourth-order valence-electron chi connectivity index (χ4n) is 6.34. The summed E-state index contributed by atoms with van der Waals surface area (Å²) in [5.74, 6) is -0.866. The predicted molar refractivity (Wildman–Crippen MR) is 233 cm³/mol. The van der Waals surface area contributed by atoms with Crippen LogP contribution in [0.5, 0.6) is 0 Å². The molecule has 3 unspecified atom stereocenters. The van der Waals surface area contributed by atoms with Crippen LogP contribution in [-0.2, 0) is 37.4 Å². The number of rotatable bonds is 40. The monoisotopic (exact) mass is 827 g/mol. The van der Waals surface area contributed by atoms with E-state index < -0.39 is 26.5 Å². The van der Waals surface area contributed by atoms with Gasteiger partial charge in [0.05, 0.1) is 40.0 Å². The Morgan fingerprint density at radius 1 is 0.632 bits per heavy atom. The van der Waals surface area contributed by atoms with Crippen LogP contribution in [0, 0.1) is 0 Å². The zero-order valence-corrected chi connectivity index (χ0v) is 37.9. The number of quaternary nitrogens is 1. The van der Waals surface area contributed by atoms with Crippen molar-refractivity contribution in [2.24, 2.45) is 0 Å². The first kappa shape index (κ1) is 53.2. The van der Waals surface area contributed by atoms with Gasteiger partial charge in [-0.05, 0) is 51.4 Å². The standard InChI is InChI=1S/C46H84NO9P/c1-6-8-10-12-14-15-16-17-18-19-20-21-24-28-32-36-45(48)52-40-42(41-54-57(50,51)53-39-38-47(3,4)5)55-46(49)37-33-29-25-22-23-27-31-35-44-43(56-44)34-30-26-13-11-9-7-2/h22,25-27,30-31,42-44H,6-21,23-24,28-29,32-41H2,1-5H3/p+1/b25-22-,30-26-,31-27-/t42-,43?,44?/m1/s1. The second kappa shape index (κ2) is 35.0. The van der Waals surface area contributed by atoms with Crippen LogP contribution in [0.4, 0.5) is 0 Å². The molecule has 1 saturated heterocycles. The van der Waals surface area contributed by atoms with Gasteiger partial charge in [0.2, 0.25) is 0 Å². The molecule has 1 rings (SSSR count). The minimum atomic E-state index is -4.39. The summed E-state index contributed by atoms with van der Waals surface area (Å²) in [7, 11) is 1.44. The molecular weight excluding hydrogens is 741 g/mol. The molecule has 1 aliphatic heterocycles. The van der Waals surface area contributed by atoms with Gasteiger partial charge in [-0.3, -0.25) is 18.6 Å². The van der Waals surface area contributed by atoms with Crippen LogP contribution in [-0.4, -0.2) is 87.1 Å². The Bertz CT molecular complexity index is 1140. The molecule has 11 heteroatoms. The van der Waals surface area contributed by atoms with Crippen molar-refractivity contribution in [1.29, 1.82) is 0 Å². The third kappa shape index (κ3) is 35.8. The van der Waals surface area contributed by atoms with Crippen LogP contribution in [0.25, 0.3) is 0 Å². The molecule has 4 atom stereocenters. The van der Waals surface area contributed by atoms with E-state index in [2.05, 4.69) is 44.2 Å². The highest BCUT2D eigenvalue weighted by Crippen LogP contribution is 2.43. The molecule has 0 saturated carbocycles. The molecule has 0 aromatic rings. The molecule has 1 fully saturated rings. The van der Waals surface area contributed by atoms with Crippen molar-refractivity contribution in [2.45, 2.75) is 199 Å². The number of hydrogen-bond acceptors (Lipinski definition) is 8. The van der Waals surface area contributed by atoms with Crippen molar-refractivity contribution < 1.29 is 46.8 Å². The Morgan fingerprint density at radius 2 is 1.12 bits per heavy atom. The third-order valence-corrected chi connectivity index (χ3v) is 11.1. The van der Waals surface area contributed by atoms with Crippen molar-refractivity contribution in [3.8, 4) is 0 Å². The minimum Gasteiger partial charge on any atom is -0.462 e. The summed E-state index contributed by atoms with van der Waals surface area (Å²) in [6, 6.07) is 0. The molecule has 0 aromatic carbocycles. The van der Waals surface area contributed by atoms with E-state index in [1.807, 2.05) is 27.2 Å². The van der Waals surface area contributed by atoms with E-state index in [1.54, 1.807) is 0 Å². The van der Waals surface area contributed by atoms with E-state index in [0.717, 1.165) is 44.9 Å². The Kier molecular flexibility index (Phi) is 32.7. The lowest BCUT2D eigenvalue weighted by molar-refractivity contribution is -0.870. The first-order valence-corrected chi connectivity index (χ1v) is 24.3. The molecule has 0 aliphatic carbocycles. The third-order valence-electron chi connectivity index (χ3n) is 10.1. The van der Waals surface area contributed by atoms with Gasteiger partial charge < -0.3 is 23.6 Å². The maximum absolute atomic E-state index is 12.7. The number of epoxide rings is 1. The molecule has 332 valence electrons. The second-order valence-corrected chi connectivity index (χ2v) is 18.3. The highest BCUT2D eigenvalue weighted by atomic mass is 31.2. The van der Waals surface area contributed by atoms with Crippen LogP contribution in [0.3, 0.4) is 0 Å². The summed E-state index contributed by atoms with van der Waals surface area (Å²) in [6.07, 6.45) is 40.8. The number of phosphoric ester groups is 1. The summed E-state index contributed by atoms with van der Waals surface area (Å²) in [5.41, 5.74) is 0. The average Bonchev–Trinajstić information content (AvgIpc) is 3.92. The van der Waals surface area contributed by atoms with E-state index in [1.165, 1.54) is 96.3 Å². The number of carbonyl (C=O) groups excluding carboxylic acids is 2. The fraction of sp³-hybridized carbons (Fsp3) is 0.826. The second-order valence-electron chi connectivity index (χ2n) is 16.8. The number of allylic oxidation sites excluding steroid dienone is 4. The molecular formula is C46H85NO9P+. The lowest BCUT2D eigenvalue weighted by atomic mass is 10.0. The summed E-state index contributed by atoms with van der Waals surface area (Å²) in [5, 5.41) is 0. The lowest BCUT2D eigenvalue weighted by Crippen LogP contribution is -2.37. The summed E-state index contributed by atoms with van der Waals surface area (Å²) < 4.78 is 40.0. The van der Waals surface area contributed by atoms with Crippen molar-refractivity contribution in [3.63, 3.8) is 0 Å². The van der Waals surface area contributed by atoms with Crippen molar-refractivity contribution in [2.75, 3.05) is 47.5 Å². The zero-order chi connectivity index (χ0) is 41.9. The van der Waals surface area contributed by atoms with Gasteiger partial charge in [-0.1, -0.05) is 153 Å². The van der Waals surface area contributed by atoms with Crippen LogP contribution >= 0.6 is 7.82 Å². The van der Waals surface area contributed by atoms with Crippen LogP contribution in [0.2, 0.25) is 0 Å². The van der Waals surface area contributed by atoms with Crippen LogP contribution in [0.1, 0.15) is 181 Å². The maximum atomic E-state index is 12.7. The van der Waals surface area contributed by atoms with E-state index in [-0.39, 0.29) is 32.0 Å². The number of likely N-dealkylation sites (N-methyl/N-ethyl adjacent to an activating group) is 1. The number of hydrogen-bond donors (Lipinski definition) is 1. The van der Waals surface area contributed by atoms with Crippen LogP contribution < -0.4 is 0 Å². The van der Waals surface area contributed by atoms with E-state index in [4.69, 9.17) is 23.3 Å². The largest absolute Gasteiger partial charge is 0.472 e. The van der Waals surface area contributed by atoms with Crippen molar-refractivity contribution in [1.82, 2.24) is 0 Å². The topological polar surface area (TPSA) is 121 Å². The van der Waals surface area contributed by atoms with Gasteiger partial charge in [-0.2, -0.15) is 0 Å². The Balaban J connectivity index is 2.31. The van der Waals surface area contributed by atoms with Crippen LogP contribution in [0.15, 0.2) is 36.5 Å². The highest BCUT2D eigenvalue weighted by Gasteiger charge is 2.36. The number of unbranched alkanes of at least 4 members (excludes halogenated alkanes) is 18. The fourth-order valence-corrected chi connectivity index (χ4v) is 7.08. The molecule has 0 spiro atoms. The molecule has 10 nitrogen and oxygen atoms in total. The molecule has 0 radical (unpaired) electrons. The van der Waals surface area contributed by atoms with Gasteiger partial charge >= 0.3 is 19.8 Å². The highest BCUT2D eigenvalue weighted by molar-refractivity contribution is 7.47. The minimum absolute atomic E-state index is 0.0196. The zero-order valence-electron chi connectivity index (χ0n) is 37.0. The average molecular weight is 827 g/mol. The van der Waals surface area contributed by atoms with Gasteiger partial charge in [0.25, 0.3) is 0 Å². The number of nitrogens with zero attached hydrogens (tertiary/aromatic N) is 1. The van der Waals surface area contributed by atoms with Crippen molar-refractivity contribution >= 4 is 19.8 Å². The van der Waals surface area contributed by atoms with Gasteiger partial charge in [0.15, 0.2) is 6.10 Å². The van der Waals surface area contributed by atoms with Crippen molar-refractivity contribution in [3.05, 3.63) is 36.5 Å². The number of carbonyl (C=O) groups is 2. The maximum Gasteiger partial charge on any atom is 0.472 e. The molecule has 1 aliphatic rings. The molecule has 1 N–H and O–H groups in total. The molecule has 57 heavy (non-hydrogen) atoms. The Hall–Kier alpha value is -1.81. The van der Waals surface area contributed by atoms with Gasteiger partial charge in [-0.15, -0.1) is 0 Å². The summed E-state index contributed by atoms with van der Waals surface area (Å²) in [6.45, 7) is 4.32. The Morgan fingerprint density at radius 3 is 1.72 bits per heavy atom. The molecule has 0 aromatic heterocycles. The smallest absolute Gasteiger partial charge is 0.462 e. The Labute approximate surface area is 348 Å². The first-order chi connectivity index (χ1) is 27.5. The predicted octanol–water partition coefficient (Wildman–Crippen LogP) is 11.9. The quantitative estimate of drug-likeness (QED) is 0.0161.